The predicted molar refractivity (Wildman–Crippen MR) is 93.8 cm³/mol. The maximum atomic E-state index is 12.1. The summed E-state index contributed by atoms with van der Waals surface area (Å²) >= 11 is 5.14. The molecule has 0 radical (unpaired) electrons. The molecular formula is C17H24N2O3S. The Morgan fingerprint density at radius 2 is 2.13 bits per heavy atom. The summed E-state index contributed by atoms with van der Waals surface area (Å²) in [6, 6.07) is 7.04. The first-order valence-electron chi connectivity index (χ1n) is 7.98. The van der Waals surface area contributed by atoms with Gasteiger partial charge in [-0.3, -0.25) is 10.1 Å². The maximum absolute atomic E-state index is 12.1. The van der Waals surface area contributed by atoms with Crippen LogP contribution in [0, 0.1) is 5.92 Å². The second-order valence-electron chi connectivity index (χ2n) is 6.03. The minimum Gasteiger partial charge on any atom is -0.493 e. The Labute approximate surface area is 142 Å². The fourth-order valence-electron chi connectivity index (χ4n) is 2.20. The van der Waals surface area contributed by atoms with E-state index in [0.29, 0.717) is 29.7 Å². The van der Waals surface area contributed by atoms with Gasteiger partial charge in [-0.25, -0.2) is 0 Å². The molecule has 1 aromatic rings. The van der Waals surface area contributed by atoms with E-state index < -0.39 is 0 Å². The average molecular weight is 336 g/mol. The number of amides is 1. The van der Waals surface area contributed by atoms with Crippen molar-refractivity contribution in [2.24, 2.45) is 5.92 Å². The van der Waals surface area contributed by atoms with E-state index in [9.17, 15) is 4.79 Å². The molecule has 1 fully saturated rings. The molecule has 0 aromatic heterocycles. The Bertz CT molecular complexity index is 525. The molecule has 1 unspecified atom stereocenters. The van der Waals surface area contributed by atoms with Gasteiger partial charge in [0.05, 0.1) is 12.7 Å². The van der Waals surface area contributed by atoms with Crippen LogP contribution in [0.3, 0.4) is 0 Å². The van der Waals surface area contributed by atoms with Gasteiger partial charge >= 0.3 is 0 Å². The van der Waals surface area contributed by atoms with Crippen LogP contribution in [0.1, 0.15) is 37.0 Å². The molecule has 1 atom stereocenters. The minimum absolute atomic E-state index is 0.183. The van der Waals surface area contributed by atoms with E-state index in [-0.39, 0.29) is 12.0 Å². The largest absolute Gasteiger partial charge is 0.493 e. The van der Waals surface area contributed by atoms with Crippen LogP contribution >= 0.6 is 12.2 Å². The third-order valence-corrected chi connectivity index (χ3v) is 3.69. The number of carbonyl (C=O) groups excluding carboxylic acids is 1. The van der Waals surface area contributed by atoms with Gasteiger partial charge in [0.2, 0.25) is 0 Å². The Morgan fingerprint density at radius 1 is 1.39 bits per heavy atom. The van der Waals surface area contributed by atoms with Gasteiger partial charge in [-0.1, -0.05) is 13.8 Å². The molecule has 5 nitrogen and oxygen atoms in total. The lowest BCUT2D eigenvalue weighted by atomic mass is 10.2. The van der Waals surface area contributed by atoms with E-state index in [2.05, 4.69) is 24.5 Å². The van der Waals surface area contributed by atoms with Crippen LogP contribution in [0.2, 0.25) is 0 Å². The monoisotopic (exact) mass is 336 g/mol. The average Bonchev–Trinajstić information content (AvgIpc) is 3.05. The van der Waals surface area contributed by atoms with Crippen molar-refractivity contribution >= 4 is 23.2 Å². The number of thiocarbonyl (C=S) groups is 1. The van der Waals surface area contributed by atoms with Crippen LogP contribution in [0.4, 0.5) is 0 Å². The molecular weight excluding hydrogens is 312 g/mol. The Kier molecular flexibility index (Phi) is 6.80. The molecule has 0 bridgehead atoms. The zero-order valence-corrected chi connectivity index (χ0v) is 14.4. The topological polar surface area (TPSA) is 59.6 Å². The number of ether oxygens (including phenoxy) is 2. The third kappa shape index (κ3) is 6.15. The molecule has 0 saturated carbocycles. The van der Waals surface area contributed by atoms with E-state index in [4.69, 9.17) is 21.7 Å². The molecule has 6 heteroatoms. The molecule has 1 heterocycles. The highest BCUT2D eigenvalue weighted by atomic mass is 32.1. The van der Waals surface area contributed by atoms with Crippen molar-refractivity contribution in [2.45, 2.75) is 32.8 Å². The zero-order chi connectivity index (χ0) is 16.7. The Morgan fingerprint density at radius 3 is 2.74 bits per heavy atom. The summed E-state index contributed by atoms with van der Waals surface area (Å²) in [4.78, 5) is 12.1. The molecule has 1 aliphatic rings. The molecule has 1 amide bonds. The first kappa shape index (κ1) is 17.7. The van der Waals surface area contributed by atoms with Crippen LogP contribution < -0.4 is 15.4 Å². The van der Waals surface area contributed by atoms with Gasteiger partial charge in [-0.15, -0.1) is 0 Å². The van der Waals surface area contributed by atoms with E-state index in [1.807, 2.05) is 0 Å². The van der Waals surface area contributed by atoms with Crippen LogP contribution in [-0.4, -0.2) is 36.9 Å². The molecule has 0 spiro atoms. The number of hydrogen-bond donors (Lipinski definition) is 2. The van der Waals surface area contributed by atoms with Gasteiger partial charge in [0.1, 0.15) is 5.75 Å². The highest BCUT2D eigenvalue weighted by Gasteiger charge is 2.16. The van der Waals surface area contributed by atoms with Gasteiger partial charge in [-0.2, -0.15) is 0 Å². The summed E-state index contributed by atoms with van der Waals surface area (Å²) in [5.74, 6) is 0.991. The first-order valence-corrected chi connectivity index (χ1v) is 8.39. The third-order valence-electron chi connectivity index (χ3n) is 3.44. The number of hydrogen-bond acceptors (Lipinski definition) is 4. The second-order valence-corrected chi connectivity index (χ2v) is 6.44. The minimum atomic E-state index is -0.231. The fourth-order valence-corrected chi connectivity index (χ4v) is 2.37. The summed E-state index contributed by atoms with van der Waals surface area (Å²) in [5.41, 5.74) is 0.545. The highest BCUT2D eigenvalue weighted by molar-refractivity contribution is 7.80. The van der Waals surface area contributed by atoms with E-state index in [1.54, 1.807) is 24.3 Å². The maximum Gasteiger partial charge on any atom is 0.257 e. The number of benzene rings is 1. The van der Waals surface area contributed by atoms with Crippen LogP contribution in [0.25, 0.3) is 0 Å². The Hall–Kier alpha value is -1.66. The molecule has 2 N–H and O–H groups in total. The quantitative estimate of drug-likeness (QED) is 0.782. The summed E-state index contributed by atoms with van der Waals surface area (Å²) in [6.07, 6.45) is 2.29. The van der Waals surface area contributed by atoms with E-state index in [1.165, 1.54) is 0 Å². The summed E-state index contributed by atoms with van der Waals surface area (Å²) in [6.45, 7) is 6.26. The molecule has 1 aromatic carbocycles. The van der Waals surface area contributed by atoms with Gasteiger partial charge in [0, 0.05) is 18.7 Å². The standard InChI is InChI=1S/C17H24N2O3S/c1-12(2)11-22-14-7-5-13(6-8-14)16(20)19-17(23)18-10-15-4-3-9-21-15/h5-8,12,15H,3-4,9-11H2,1-2H3,(H2,18,19,20,23). The smallest absolute Gasteiger partial charge is 0.257 e. The van der Waals surface area contributed by atoms with Gasteiger partial charge in [0.15, 0.2) is 5.11 Å². The van der Waals surface area contributed by atoms with Crippen molar-refractivity contribution < 1.29 is 14.3 Å². The molecule has 1 saturated heterocycles. The van der Waals surface area contributed by atoms with Crippen LogP contribution in [-0.2, 0) is 4.74 Å². The number of rotatable bonds is 6. The van der Waals surface area contributed by atoms with Gasteiger partial charge < -0.3 is 14.8 Å². The molecule has 126 valence electrons. The van der Waals surface area contributed by atoms with Crippen molar-refractivity contribution in [2.75, 3.05) is 19.8 Å². The highest BCUT2D eigenvalue weighted by Crippen LogP contribution is 2.13. The second kappa shape index (κ2) is 8.84. The fraction of sp³-hybridized carbons (Fsp3) is 0.529. The van der Waals surface area contributed by atoms with E-state index >= 15 is 0 Å². The van der Waals surface area contributed by atoms with Gasteiger partial charge in [-0.05, 0) is 55.2 Å². The summed E-state index contributed by atoms with van der Waals surface area (Å²) in [5, 5.41) is 6.02. The molecule has 2 rings (SSSR count). The normalized spacial score (nSPS) is 17.1. The predicted octanol–water partition coefficient (Wildman–Crippen LogP) is 2.50. The van der Waals surface area contributed by atoms with Crippen LogP contribution in [0.15, 0.2) is 24.3 Å². The van der Waals surface area contributed by atoms with E-state index in [0.717, 1.165) is 25.2 Å². The zero-order valence-electron chi connectivity index (χ0n) is 13.6. The first-order chi connectivity index (χ1) is 11.0. The molecule has 1 aliphatic heterocycles. The number of carbonyl (C=O) groups is 1. The lowest BCUT2D eigenvalue weighted by molar-refractivity contribution is 0.0973. The lowest BCUT2D eigenvalue weighted by Crippen LogP contribution is -2.42. The van der Waals surface area contributed by atoms with Crippen molar-refractivity contribution in [1.82, 2.24) is 10.6 Å². The Balaban J connectivity index is 1.76. The molecule has 23 heavy (non-hydrogen) atoms. The van der Waals surface area contributed by atoms with Crippen molar-refractivity contribution in [3.05, 3.63) is 29.8 Å². The summed E-state index contributed by atoms with van der Waals surface area (Å²) in [7, 11) is 0. The number of nitrogens with one attached hydrogen (secondary N) is 2. The van der Waals surface area contributed by atoms with Gasteiger partial charge in [0.25, 0.3) is 5.91 Å². The van der Waals surface area contributed by atoms with Crippen molar-refractivity contribution in [1.29, 1.82) is 0 Å². The lowest BCUT2D eigenvalue weighted by Gasteiger charge is -2.13. The SMILES string of the molecule is CC(C)COc1ccc(C(=O)NC(=S)NCC2CCCO2)cc1. The van der Waals surface area contributed by atoms with Crippen molar-refractivity contribution in [3.8, 4) is 5.75 Å². The summed E-state index contributed by atoms with van der Waals surface area (Å²) < 4.78 is 11.1. The molecule has 0 aliphatic carbocycles. The van der Waals surface area contributed by atoms with Crippen molar-refractivity contribution in [3.63, 3.8) is 0 Å². The van der Waals surface area contributed by atoms with Crippen LogP contribution in [0.5, 0.6) is 5.75 Å².